The van der Waals surface area contributed by atoms with Crippen LogP contribution < -0.4 is 5.32 Å². The summed E-state index contributed by atoms with van der Waals surface area (Å²) >= 11 is 0. The highest BCUT2D eigenvalue weighted by Crippen LogP contribution is 2.35. The van der Waals surface area contributed by atoms with Crippen molar-refractivity contribution in [3.05, 3.63) is 48.4 Å². The van der Waals surface area contributed by atoms with Crippen molar-refractivity contribution >= 4 is 33.4 Å². The second-order valence-electron chi connectivity index (χ2n) is 6.92. The number of nitrogens with zero attached hydrogens (tertiary/aromatic N) is 3. The second kappa shape index (κ2) is 5.84. The van der Waals surface area contributed by atoms with Crippen LogP contribution in [-0.4, -0.2) is 32.2 Å². The highest BCUT2D eigenvalue weighted by Gasteiger charge is 2.43. The molecule has 0 aliphatic heterocycles. The molecule has 1 amide bonds. The number of halogens is 1. The van der Waals surface area contributed by atoms with E-state index in [-0.39, 0.29) is 5.91 Å². The Balaban J connectivity index is 1.52. The lowest BCUT2D eigenvalue weighted by Gasteiger charge is -2.09. The molecule has 134 valence electrons. The molecule has 3 aromatic heterocycles. The van der Waals surface area contributed by atoms with Gasteiger partial charge in [0.25, 0.3) is 0 Å². The molecule has 0 radical (unpaired) electrons. The first-order valence-electron chi connectivity index (χ1n) is 8.74. The number of carbonyl (C=O) groups is 1. The van der Waals surface area contributed by atoms with Crippen molar-refractivity contribution in [2.45, 2.75) is 19.5 Å². The highest BCUT2D eigenvalue weighted by atomic mass is 19.1. The number of fused-ring (bicyclic) bond motifs is 2. The molecule has 2 N–H and O–H groups in total. The number of hydrogen-bond donors (Lipinski definition) is 2. The molecule has 1 aliphatic carbocycles. The zero-order chi connectivity index (χ0) is 18.5. The number of rotatable bonds is 3. The van der Waals surface area contributed by atoms with Gasteiger partial charge < -0.3 is 5.32 Å². The number of hydrogen-bond acceptors (Lipinski definition) is 4. The average molecular weight is 361 g/mol. The minimum atomic E-state index is -1.02. The Kier molecular flexibility index (Phi) is 3.43. The first-order valence-corrected chi connectivity index (χ1v) is 8.74. The van der Waals surface area contributed by atoms with E-state index in [2.05, 4.69) is 25.5 Å². The van der Waals surface area contributed by atoms with Crippen molar-refractivity contribution in [3.63, 3.8) is 0 Å². The Morgan fingerprint density at radius 1 is 1.19 bits per heavy atom. The van der Waals surface area contributed by atoms with Gasteiger partial charge in [0.05, 0.1) is 23.3 Å². The molecule has 1 aromatic carbocycles. The number of carbonyl (C=O) groups excluding carboxylic acids is 1. The van der Waals surface area contributed by atoms with Gasteiger partial charge in [-0.05, 0) is 37.1 Å². The van der Waals surface area contributed by atoms with Gasteiger partial charge in [-0.15, -0.1) is 0 Å². The molecule has 0 bridgehead atoms. The number of H-pyrrole nitrogens is 1. The lowest BCUT2D eigenvalue weighted by atomic mass is 10.00. The van der Waals surface area contributed by atoms with Crippen molar-refractivity contribution in [2.75, 3.05) is 5.32 Å². The smallest absolute Gasteiger partial charge is 0.231 e. The topological polar surface area (TPSA) is 83.6 Å². The lowest BCUT2D eigenvalue weighted by Crippen LogP contribution is -2.15. The average Bonchev–Trinajstić information content (AvgIpc) is 3.21. The van der Waals surface area contributed by atoms with Crippen LogP contribution in [0.3, 0.4) is 0 Å². The van der Waals surface area contributed by atoms with Crippen LogP contribution in [0.1, 0.15) is 12.0 Å². The molecule has 2 atom stereocenters. The zero-order valence-electron chi connectivity index (χ0n) is 14.5. The number of anilines is 1. The summed E-state index contributed by atoms with van der Waals surface area (Å²) in [5.41, 5.74) is 3.94. The molecular weight excluding hydrogens is 345 g/mol. The van der Waals surface area contributed by atoms with Gasteiger partial charge in [-0.2, -0.15) is 5.10 Å². The van der Waals surface area contributed by atoms with Crippen LogP contribution in [0.25, 0.3) is 32.9 Å². The minimum absolute atomic E-state index is 0.295. The van der Waals surface area contributed by atoms with Crippen molar-refractivity contribution in [3.8, 4) is 11.3 Å². The standard InChI is InChI=1S/C20H16FN5O/c1-10-2-3-16-14(9-24-26-16)19(10)17-4-11-8-23-18(5-12(11)7-22-17)25-20(27)13-6-15(13)21/h2-5,7-9,13,15H,6H2,1H3,(H,24,26)(H,23,25,27)/t13-,15+/m1/s1. The van der Waals surface area contributed by atoms with Gasteiger partial charge in [0.2, 0.25) is 5.91 Å². The van der Waals surface area contributed by atoms with E-state index in [1.54, 1.807) is 24.7 Å². The maximum absolute atomic E-state index is 13.0. The first-order chi connectivity index (χ1) is 13.1. The van der Waals surface area contributed by atoms with E-state index in [1.165, 1.54) is 0 Å². The quantitative estimate of drug-likeness (QED) is 0.582. The number of aryl methyl sites for hydroxylation is 1. The number of amides is 1. The summed E-state index contributed by atoms with van der Waals surface area (Å²) in [6.07, 6.45) is 4.53. The van der Waals surface area contributed by atoms with Gasteiger partial charge >= 0.3 is 0 Å². The van der Waals surface area contributed by atoms with Crippen molar-refractivity contribution in [1.29, 1.82) is 0 Å². The van der Waals surface area contributed by atoms with Crippen molar-refractivity contribution in [1.82, 2.24) is 20.2 Å². The van der Waals surface area contributed by atoms with E-state index < -0.39 is 12.1 Å². The molecule has 6 nitrogen and oxygen atoms in total. The van der Waals surface area contributed by atoms with E-state index >= 15 is 0 Å². The lowest BCUT2D eigenvalue weighted by molar-refractivity contribution is -0.117. The van der Waals surface area contributed by atoms with Gasteiger partial charge in [0, 0.05) is 34.1 Å². The maximum Gasteiger partial charge on any atom is 0.231 e. The molecule has 0 spiro atoms. The van der Waals surface area contributed by atoms with Crippen LogP contribution in [0.2, 0.25) is 0 Å². The molecule has 1 fully saturated rings. The third-order valence-corrected chi connectivity index (χ3v) is 4.99. The van der Waals surface area contributed by atoms with Gasteiger partial charge in [-0.1, -0.05) is 6.07 Å². The van der Waals surface area contributed by atoms with Crippen molar-refractivity contribution < 1.29 is 9.18 Å². The molecule has 1 aliphatic rings. The molecule has 5 rings (SSSR count). The number of pyridine rings is 2. The molecule has 3 heterocycles. The van der Waals surface area contributed by atoms with Crippen LogP contribution in [-0.2, 0) is 4.79 Å². The fourth-order valence-electron chi connectivity index (χ4n) is 3.36. The molecule has 1 saturated carbocycles. The van der Waals surface area contributed by atoms with E-state index in [9.17, 15) is 9.18 Å². The number of nitrogens with one attached hydrogen (secondary N) is 2. The third-order valence-electron chi connectivity index (χ3n) is 4.99. The van der Waals surface area contributed by atoms with Crippen LogP contribution >= 0.6 is 0 Å². The number of aromatic amines is 1. The van der Waals surface area contributed by atoms with E-state index in [4.69, 9.17) is 0 Å². The summed E-state index contributed by atoms with van der Waals surface area (Å²) in [4.78, 5) is 20.8. The summed E-state index contributed by atoms with van der Waals surface area (Å²) < 4.78 is 13.0. The predicted molar refractivity (Wildman–Crippen MR) is 101 cm³/mol. The summed E-state index contributed by atoms with van der Waals surface area (Å²) in [7, 11) is 0. The fraction of sp³-hybridized carbons (Fsp3) is 0.200. The normalized spacial score (nSPS) is 18.7. The maximum atomic E-state index is 13.0. The van der Waals surface area contributed by atoms with Gasteiger partial charge in [-0.3, -0.25) is 14.9 Å². The van der Waals surface area contributed by atoms with Gasteiger partial charge in [0.1, 0.15) is 12.0 Å². The molecule has 0 unspecified atom stereocenters. The zero-order valence-corrected chi connectivity index (χ0v) is 14.5. The van der Waals surface area contributed by atoms with Crippen molar-refractivity contribution in [2.24, 2.45) is 5.92 Å². The summed E-state index contributed by atoms with van der Waals surface area (Å²) in [5.74, 6) is -0.447. The number of aromatic nitrogens is 4. The van der Waals surface area contributed by atoms with Gasteiger partial charge in [0.15, 0.2) is 0 Å². The van der Waals surface area contributed by atoms with Gasteiger partial charge in [-0.25, -0.2) is 9.37 Å². The number of benzene rings is 1. The number of alkyl halides is 1. The Labute approximate surface area is 153 Å². The second-order valence-corrected chi connectivity index (χ2v) is 6.92. The molecule has 4 aromatic rings. The fourth-order valence-corrected chi connectivity index (χ4v) is 3.36. The summed E-state index contributed by atoms with van der Waals surface area (Å²) in [5, 5.41) is 12.6. The van der Waals surface area contributed by atoms with E-state index in [1.807, 2.05) is 25.1 Å². The molecule has 7 heteroatoms. The van der Waals surface area contributed by atoms with Crippen LogP contribution in [0.4, 0.5) is 10.2 Å². The first kappa shape index (κ1) is 15.9. The molecular formula is C20H16FN5O. The van der Waals surface area contributed by atoms with E-state index in [0.29, 0.717) is 12.2 Å². The third kappa shape index (κ3) is 2.71. The Morgan fingerprint density at radius 2 is 1.96 bits per heavy atom. The Bertz CT molecular complexity index is 1200. The monoisotopic (exact) mass is 361 g/mol. The highest BCUT2D eigenvalue weighted by molar-refractivity contribution is 5.98. The van der Waals surface area contributed by atoms with Crippen LogP contribution in [0.5, 0.6) is 0 Å². The molecule has 0 saturated heterocycles. The molecule has 27 heavy (non-hydrogen) atoms. The van der Waals surface area contributed by atoms with Crippen LogP contribution in [0.15, 0.2) is 42.9 Å². The largest absolute Gasteiger partial charge is 0.310 e. The summed E-state index contributed by atoms with van der Waals surface area (Å²) in [6.45, 7) is 2.04. The predicted octanol–water partition coefficient (Wildman–Crippen LogP) is 3.78. The SMILES string of the molecule is Cc1ccc2[nH]ncc2c1-c1cc2cnc(NC(=O)[C@@H]3C[C@@H]3F)cc2cn1. The van der Waals surface area contributed by atoms with Crippen LogP contribution in [0, 0.1) is 12.8 Å². The van der Waals surface area contributed by atoms with E-state index in [0.717, 1.165) is 38.5 Å². The Morgan fingerprint density at radius 3 is 2.78 bits per heavy atom. The Hall–Kier alpha value is -3.35. The summed E-state index contributed by atoms with van der Waals surface area (Å²) in [6, 6.07) is 7.77. The minimum Gasteiger partial charge on any atom is -0.310 e.